The van der Waals surface area contributed by atoms with Crippen molar-refractivity contribution in [2.75, 3.05) is 20.6 Å². The predicted octanol–water partition coefficient (Wildman–Crippen LogP) is 0.928. The average Bonchev–Trinajstić information content (AvgIpc) is 2.16. The van der Waals surface area contributed by atoms with Gasteiger partial charge in [0, 0.05) is 12.6 Å². The molecule has 0 spiro atoms. The van der Waals surface area contributed by atoms with Crippen LogP contribution in [0.25, 0.3) is 0 Å². The molecule has 1 aromatic heterocycles. The van der Waals surface area contributed by atoms with Gasteiger partial charge >= 0.3 is 0 Å². The maximum Gasteiger partial charge on any atom is 0.266 e. The third-order valence-corrected chi connectivity index (χ3v) is 2.24. The highest BCUT2D eigenvalue weighted by molar-refractivity contribution is 5.04. The normalized spacial score (nSPS) is 11.3. The Kier molecular flexibility index (Phi) is 4.03. The Morgan fingerprint density at radius 1 is 1.40 bits per heavy atom. The van der Waals surface area contributed by atoms with Crippen molar-refractivity contribution in [2.24, 2.45) is 0 Å². The lowest BCUT2D eigenvalue weighted by atomic mass is 10.1. The minimum Gasteiger partial charge on any atom is -0.308 e. The number of hydrogen-bond acceptors (Lipinski definition) is 3. The first kappa shape index (κ1) is 11.9. The molecule has 0 saturated carbocycles. The fourth-order valence-corrected chi connectivity index (χ4v) is 1.23. The van der Waals surface area contributed by atoms with E-state index in [2.05, 4.69) is 18.9 Å². The second kappa shape index (κ2) is 5.07. The third-order valence-electron chi connectivity index (χ3n) is 2.24. The van der Waals surface area contributed by atoms with Crippen molar-refractivity contribution in [1.82, 2.24) is 14.7 Å². The number of likely N-dealkylation sites (N-methyl/N-ethyl adjacent to an activating group) is 1. The highest BCUT2D eigenvalue weighted by Gasteiger charge is 2.04. The minimum absolute atomic E-state index is 0.0266. The van der Waals surface area contributed by atoms with Crippen LogP contribution in [-0.4, -0.2) is 35.3 Å². The lowest BCUT2D eigenvalue weighted by molar-refractivity contribution is 0.365. The summed E-state index contributed by atoms with van der Waals surface area (Å²) in [5, 5.41) is 4.32. The summed E-state index contributed by atoms with van der Waals surface area (Å²) in [7, 11) is 3.97. The molecule has 0 bridgehead atoms. The summed E-state index contributed by atoms with van der Waals surface area (Å²) in [5.41, 5.74) is 0.939. The van der Waals surface area contributed by atoms with E-state index >= 15 is 0 Å². The molecule has 1 rings (SSSR count). The minimum atomic E-state index is -0.0266. The van der Waals surface area contributed by atoms with Crippen LogP contribution in [0.5, 0.6) is 0 Å². The van der Waals surface area contributed by atoms with Crippen LogP contribution in [0.1, 0.15) is 25.5 Å². The smallest absolute Gasteiger partial charge is 0.266 e. The number of rotatable bonds is 4. The first-order chi connectivity index (χ1) is 7.00. The van der Waals surface area contributed by atoms with E-state index in [0.29, 0.717) is 12.5 Å². The second-order valence-corrected chi connectivity index (χ2v) is 4.28. The van der Waals surface area contributed by atoms with E-state index in [1.54, 1.807) is 12.1 Å². The SMILES string of the molecule is CC(C)c1ccc(=O)n(CCN(C)C)n1. The molecule has 15 heavy (non-hydrogen) atoms. The summed E-state index contributed by atoms with van der Waals surface area (Å²) in [6.45, 7) is 5.62. The van der Waals surface area contributed by atoms with Crippen molar-refractivity contribution in [2.45, 2.75) is 26.3 Å². The van der Waals surface area contributed by atoms with Crippen LogP contribution >= 0.6 is 0 Å². The number of aromatic nitrogens is 2. The molecule has 0 aromatic carbocycles. The van der Waals surface area contributed by atoms with Gasteiger partial charge in [0.25, 0.3) is 5.56 Å². The molecule has 0 atom stereocenters. The Hall–Kier alpha value is -1.16. The molecule has 4 heteroatoms. The maximum absolute atomic E-state index is 11.5. The van der Waals surface area contributed by atoms with Crippen LogP contribution in [0.3, 0.4) is 0 Å². The molecule has 0 N–H and O–H groups in total. The molecule has 84 valence electrons. The Bertz CT molecular complexity index is 368. The van der Waals surface area contributed by atoms with Crippen molar-refractivity contribution < 1.29 is 0 Å². The molecule has 1 heterocycles. The quantitative estimate of drug-likeness (QED) is 0.740. The van der Waals surface area contributed by atoms with Gasteiger partial charge in [0.1, 0.15) is 0 Å². The van der Waals surface area contributed by atoms with Crippen LogP contribution < -0.4 is 5.56 Å². The summed E-state index contributed by atoms with van der Waals surface area (Å²) in [5.74, 6) is 0.358. The topological polar surface area (TPSA) is 38.1 Å². The fraction of sp³-hybridized carbons (Fsp3) is 0.636. The van der Waals surface area contributed by atoms with Crippen molar-refractivity contribution in [3.05, 3.63) is 28.2 Å². The standard InChI is InChI=1S/C11H19N3O/c1-9(2)10-5-6-11(15)14(12-10)8-7-13(3)4/h5-6,9H,7-8H2,1-4H3. The largest absolute Gasteiger partial charge is 0.308 e. The van der Waals surface area contributed by atoms with Gasteiger partial charge in [-0.3, -0.25) is 4.79 Å². The second-order valence-electron chi connectivity index (χ2n) is 4.28. The van der Waals surface area contributed by atoms with Gasteiger partial charge < -0.3 is 4.90 Å². The summed E-state index contributed by atoms with van der Waals surface area (Å²) in [6.07, 6.45) is 0. The average molecular weight is 209 g/mol. The Labute approximate surface area is 90.5 Å². The predicted molar refractivity (Wildman–Crippen MR) is 61.1 cm³/mol. The Balaban J connectivity index is 2.86. The van der Waals surface area contributed by atoms with Crippen molar-refractivity contribution in [3.63, 3.8) is 0 Å². The van der Waals surface area contributed by atoms with Gasteiger partial charge in [0.2, 0.25) is 0 Å². The van der Waals surface area contributed by atoms with Gasteiger partial charge in [-0.2, -0.15) is 5.10 Å². The molecule has 0 aliphatic rings. The van der Waals surface area contributed by atoms with Gasteiger partial charge in [-0.1, -0.05) is 13.8 Å². The molecule has 1 aromatic rings. The van der Waals surface area contributed by atoms with Crippen molar-refractivity contribution in [3.8, 4) is 0 Å². The van der Waals surface area contributed by atoms with Gasteiger partial charge in [-0.05, 0) is 26.1 Å². The van der Waals surface area contributed by atoms with E-state index in [1.807, 2.05) is 19.0 Å². The molecular weight excluding hydrogens is 190 g/mol. The Morgan fingerprint density at radius 3 is 2.60 bits per heavy atom. The molecule has 0 aliphatic carbocycles. The lowest BCUT2D eigenvalue weighted by Crippen LogP contribution is -2.28. The highest BCUT2D eigenvalue weighted by Crippen LogP contribution is 2.07. The zero-order chi connectivity index (χ0) is 11.4. The molecule has 0 radical (unpaired) electrons. The number of nitrogens with zero attached hydrogens (tertiary/aromatic N) is 3. The van der Waals surface area contributed by atoms with Gasteiger partial charge in [0.05, 0.1) is 12.2 Å². The fourth-order valence-electron chi connectivity index (χ4n) is 1.23. The van der Waals surface area contributed by atoms with E-state index in [1.165, 1.54) is 4.68 Å². The molecule has 4 nitrogen and oxygen atoms in total. The summed E-state index contributed by atoms with van der Waals surface area (Å²) in [6, 6.07) is 3.40. The zero-order valence-corrected chi connectivity index (χ0v) is 9.90. The van der Waals surface area contributed by atoms with Crippen LogP contribution in [-0.2, 0) is 6.54 Å². The molecule has 0 aliphatic heterocycles. The summed E-state index contributed by atoms with van der Waals surface area (Å²) in [4.78, 5) is 13.5. The van der Waals surface area contributed by atoms with Gasteiger partial charge in [-0.15, -0.1) is 0 Å². The van der Waals surface area contributed by atoms with E-state index in [9.17, 15) is 4.79 Å². The first-order valence-electron chi connectivity index (χ1n) is 5.23. The van der Waals surface area contributed by atoms with Crippen LogP contribution in [0.4, 0.5) is 0 Å². The summed E-state index contributed by atoms with van der Waals surface area (Å²) >= 11 is 0. The van der Waals surface area contributed by atoms with E-state index in [4.69, 9.17) is 0 Å². The van der Waals surface area contributed by atoms with Crippen molar-refractivity contribution in [1.29, 1.82) is 0 Å². The van der Waals surface area contributed by atoms with Crippen LogP contribution in [0.15, 0.2) is 16.9 Å². The van der Waals surface area contributed by atoms with Crippen LogP contribution in [0.2, 0.25) is 0 Å². The van der Waals surface area contributed by atoms with E-state index in [-0.39, 0.29) is 5.56 Å². The Morgan fingerprint density at radius 2 is 2.07 bits per heavy atom. The van der Waals surface area contributed by atoms with Gasteiger partial charge in [0.15, 0.2) is 0 Å². The summed E-state index contributed by atoms with van der Waals surface area (Å²) < 4.78 is 1.54. The van der Waals surface area contributed by atoms with Crippen LogP contribution in [0, 0.1) is 0 Å². The zero-order valence-electron chi connectivity index (χ0n) is 9.90. The number of hydrogen-bond donors (Lipinski definition) is 0. The van der Waals surface area contributed by atoms with Crippen molar-refractivity contribution >= 4 is 0 Å². The third kappa shape index (κ3) is 3.47. The van der Waals surface area contributed by atoms with Gasteiger partial charge in [-0.25, -0.2) is 4.68 Å². The monoisotopic (exact) mass is 209 g/mol. The first-order valence-corrected chi connectivity index (χ1v) is 5.23. The van der Waals surface area contributed by atoms with E-state index in [0.717, 1.165) is 12.2 Å². The molecular formula is C11H19N3O. The maximum atomic E-state index is 11.5. The molecule has 0 amide bonds. The lowest BCUT2D eigenvalue weighted by Gasteiger charge is -2.12. The molecule has 0 fully saturated rings. The van der Waals surface area contributed by atoms with E-state index < -0.39 is 0 Å². The molecule has 0 unspecified atom stereocenters. The molecule has 0 saturated heterocycles. The highest BCUT2D eigenvalue weighted by atomic mass is 16.1.